The highest BCUT2D eigenvalue weighted by atomic mass is 16.6. The Morgan fingerprint density at radius 3 is 2.76 bits per heavy atom. The van der Waals surface area contributed by atoms with Crippen molar-refractivity contribution in [2.45, 2.75) is 25.3 Å². The molecule has 25 heavy (non-hydrogen) atoms. The second-order valence-corrected chi connectivity index (χ2v) is 6.56. The van der Waals surface area contributed by atoms with Gasteiger partial charge in [0, 0.05) is 61.8 Å². The molecule has 2 heterocycles. The fraction of sp³-hybridized carbons (Fsp3) is 0.500. The molecule has 7 nitrogen and oxygen atoms in total. The summed E-state index contributed by atoms with van der Waals surface area (Å²) in [4.78, 5) is 19.6. The molecule has 1 fully saturated rings. The standard InChI is InChI=1S/C18H24N4O3/c1-20(9-2-12-23)14-6-10-21(11-7-14)17-3-4-18(22(24)25)16-13-19-8-5-15(16)17/h3-5,8,13-14,23H,2,6-7,9-12H2,1H3. The van der Waals surface area contributed by atoms with E-state index in [1.165, 1.54) is 0 Å². The number of nitrogens with zero attached hydrogens (tertiary/aromatic N) is 4. The van der Waals surface area contributed by atoms with Crippen LogP contribution in [-0.2, 0) is 0 Å². The third kappa shape index (κ3) is 3.72. The van der Waals surface area contributed by atoms with Crippen molar-refractivity contribution in [3.63, 3.8) is 0 Å². The molecule has 1 aromatic carbocycles. The van der Waals surface area contributed by atoms with Crippen LogP contribution in [0, 0.1) is 10.1 Å². The molecule has 134 valence electrons. The third-order valence-electron chi connectivity index (χ3n) is 5.07. The van der Waals surface area contributed by atoms with E-state index in [0.717, 1.165) is 50.0 Å². The van der Waals surface area contributed by atoms with Crippen molar-refractivity contribution < 1.29 is 10.0 Å². The van der Waals surface area contributed by atoms with Crippen LogP contribution in [0.2, 0.25) is 0 Å². The van der Waals surface area contributed by atoms with Crippen LogP contribution in [0.3, 0.4) is 0 Å². The van der Waals surface area contributed by atoms with E-state index in [1.54, 1.807) is 18.5 Å². The molecule has 0 aliphatic carbocycles. The average molecular weight is 344 g/mol. The highest BCUT2D eigenvalue weighted by molar-refractivity contribution is 5.99. The number of rotatable bonds is 6. The number of pyridine rings is 1. The molecule has 2 aromatic rings. The van der Waals surface area contributed by atoms with Crippen molar-refractivity contribution in [3.05, 3.63) is 40.7 Å². The fourth-order valence-electron chi connectivity index (χ4n) is 3.64. The van der Waals surface area contributed by atoms with Crippen LogP contribution in [0.1, 0.15) is 19.3 Å². The SMILES string of the molecule is CN(CCCO)C1CCN(c2ccc([N+](=O)[O-])c3cnccc23)CC1. The maximum absolute atomic E-state index is 11.2. The zero-order valence-corrected chi connectivity index (χ0v) is 14.5. The Labute approximate surface area is 147 Å². The van der Waals surface area contributed by atoms with E-state index in [0.29, 0.717) is 11.4 Å². The predicted octanol–water partition coefficient (Wildman–Crippen LogP) is 2.43. The first-order valence-electron chi connectivity index (χ1n) is 8.69. The molecule has 1 N–H and O–H groups in total. The summed E-state index contributed by atoms with van der Waals surface area (Å²) in [5, 5.41) is 21.7. The first-order chi connectivity index (χ1) is 12.1. The molecule has 3 rings (SSSR count). The Morgan fingerprint density at radius 1 is 1.32 bits per heavy atom. The number of aliphatic hydroxyl groups excluding tert-OH is 1. The van der Waals surface area contributed by atoms with Crippen molar-refractivity contribution in [2.75, 3.05) is 38.2 Å². The van der Waals surface area contributed by atoms with E-state index in [4.69, 9.17) is 5.11 Å². The number of aliphatic hydroxyl groups is 1. The minimum absolute atomic E-state index is 0.102. The zero-order valence-electron chi connectivity index (χ0n) is 14.5. The average Bonchev–Trinajstić information content (AvgIpc) is 2.65. The molecule has 0 atom stereocenters. The molecular weight excluding hydrogens is 320 g/mol. The summed E-state index contributed by atoms with van der Waals surface area (Å²) >= 11 is 0. The van der Waals surface area contributed by atoms with Crippen LogP contribution >= 0.6 is 0 Å². The minimum atomic E-state index is -0.351. The molecule has 1 aliphatic rings. The summed E-state index contributed by atoms with van der Waals surface area (Å²) in [7, 11) is 2.11. The quantitative estimate of drug-likeness (QED) is 0.640. The summed E-state index contributed by atoms with van der Waals surface area (Å²) in [6.07, 6.45) is 6.16. The number of aromatic nitrogens is 1. The number of nitro groups is 1. The summed E-state index contributed by atoms with van der Waals surface area (Å²) in [5.74, 6) is 0. The number of nitro benzene ring substituents is 1. The van der Waals surface area contributed by atoms with E-state index in [-0.39, 0.29) is 17.2 Å². The molecule has 0 saturated carbocycles. The highest BCUT2D eigenvalue weighted by Gasteiger charge is 2.24. The van der Waals surface area contributed by atoms with Crippen LogP contribution in [0.15, 0.2) is 30.6 Å². The highest BCUT2D eigenvalue weighted by Crippen LogP contribution is 2.34. The number of hydrogen-bond acceptors (Lipinski definition) is 6. The van der Waals surface area contributed by atoms with Gasteiger partial charge in [0.05, 0.1) is 10.3 Å². The lowest BCUT2D eigenvalue weighted by Crippen LogP contribution is -2.43. The van der Waals surface area contributed by atoms with Crippen molar-refractivity contribution in [1.29, 1.82) is 0 Å². The van der Waals surface area contributed by atoms with Crippen molar-refractivity contribution in [1.82, 2.24) is 9.88 Å². The maximum atomic E-state index is 11.2. The Bertz CT molecular complexity index is 744. The van der Waals surface area contributed by atoms with Gasteiger partial charge in [0.15, 0.2) is 0 Å². The van der Waals surface area contributed by atoms with Gasteiger partial charge in [-0.1, -0.05) is 0 Å². The Morgan fingerprint density at radius 2 is 2.08 bits per heavy atom. The molecule has 0 unspecified atom stereocenters. The van der Waals surface area contributed by atoms with Crippen LogP contribution in [-0.4, -0.2) is 59.2 Å². The number of piperidine rings is 1. The number of hydrogen-bond donors (Lipinski definition) is 1. The summed E-state index contributed by atoms with van der Waals surface area (Å²) in [6, 6.07) is 5.82. The lowest BCUT2D eigenvalue weighted by Gasteiger charge is -2.38. The number of benzene rings is 1. The summed E-state index contributed by atoms with van der Waals surface area (Å²) in [5.41, 5.74) is 1.14. The molecule has 0 spiro atoms. The van der Waals surface area contributed by atoms with Gasteiger partial charge < -0.3 is 14.9 Å². The molecular formula is C18H24N4O3. The first-order valence-corrected chi connectivity index (χ1v) is 8.69. The molecule has 7 heteroatoms. The topological polar surface area (TPSA) is 82.7 Å². The monoisotopic (exact) mass is 344 g/mol. The van der Waals surface area contributed by atoms with Crippen molar-refractivity contribution >= 4 is 22.1 Å². The lowest BCUT2D eigenvalue weighted by atomic mass is 10.0. The van der Waals surface area contributed by atoms with Gasteiger partial charge >= 0.3 is 0 Å². The second kappa shape index (κ2) is 7.76. The van der Waals surface area contributed by atoms with Crippen LogP contribution in [0.25, 0.3) is 10.8 Å². The normalized spacial score (nSPS) is 15.9. The lowest BCUT2D eigenvalue weighted by molar-refractivity contribution is -0.383. The van der Waals surface area contributed by atoms with Gasteiger partial charge in [0.25, 0.3) is 5.69 Å². The first kappa shape index (κ1) is 17.6. The third-order valence-corrected chi connectivity index (χ3v) is 5.07. The zero-order chi connectivity index (χ0) is 17.8. The Balaban J connectivity index is 1.78. The van der Waals surface area contributed by atoms with Crippen molar-refractivity contribution in [2.24, 2.45) is 0 Å². The van der Waals surface area contributed by atoms with E-state index in [2.05, 4.69) is 21.8 Å². The molecule has 1 aromatic heterocycles. The number of fused-ring (bicyclic) bond motifs is 1. The minimum Gasteiger partial charge on any atom is -0.396 e. The number of non-ortho nitro benzene ring substituents is 1. The van der Waals surface area contributed by atoms with Gasteiger partial charge in [0.2, 0.25) is 0 Å². The van der Waals surface area contributed by atoms with E-state index >= 15 is 0 Å². The van der Waals surface area contributed by atoms with Gasteiger partial charge in [-0.2, -0.15) is 0 Å². The second-order valence-electron chi connectivity index (χ2n) is 6.56. The van der Waals surface area contributed by atoms with Crippen molar-refractivity contribution in [3.8, 4) is 0 Å². The molecule has 0 bridgehead atoms. The van der Waals surface area contributed by atoms with Crippen LogP contribution < -0.4 is 4.90 Å². The predicted molar refractivity (Wildman–Crippen MR) is 98.0 cm³/mol. The number of anilines is 1. The Hall–Kier alpha value is -2.25. The summed E-state index contributed by atoms with van der Waals surface area (Å²) in [6.45, 7) is 2.98. The van der Waals surface area contributed by atoms with Crippen LogP contribution in [0.4, 0.5) is 11.4 Å². The molecule has 1 saturated heterocycles. The van der Waals surface area contributed by atoms with E-state index in [9.17, 15) is 10.1 Å². The maximum Gasteiger partial charge on any atom is 0.278 e. The van der Waals surface area contributed by atoms with Gasteiger partial charge in [0.1, 0.15) is 0 Å². The van der Waals surface area contributed by atoms with Gasteiger partial charge in [-0.25, -0.2) is 0 Å². The van der Waals surface area contributed by atoms with E-state index < -0.39 is 0 Å². The van der Waals surface area contributed by atoms with Gasteiger partial charge in [-0.05, 0) is 38.4 Å². The van der Waals surface area contributed by atoms with E-state index in [1.807, 2.05) is 12.1 Å². The van der Waals surface area contributed by atoms with Gasteiger partial charge in [-0.3, -0.25) is 15.1 Å². The molecule has 0 radical (unpaired) electrons. The van der Waals surface area contributed by atoms with Gasteiger partial charge in [-0.15, -0.1) is 0 Å². The molecule has 0 amide bonds. The Kier molecular flexibility index (Phi) is 5.45. The smallest absolute Gasteiger partial charge is 0.278 e. The fourth-order valence-corrected chi connectivity index (χ4v) is 3.64. The molecule has 1 aliphatic heterocycles. The summed E-state index contributed by atoms with van der Waals surface area (Å²) < 4.78 is 0. The largest absolute Gasteiger partial charge is 0.396 e. The van der Waals surface area contributed by atoms with Crippen LogP contribution in [0.5, 0.6) is 0 Å².